The Morgan fingerprint density at radius 1 is 1.17 bits per heavy atom. The molecule has 0 bridgehead atoms. The topological polar surface area (TPSA) is 80.5 Å². The van der Waals surface area contributed by atoms with Crippen molar-refractivity contribution in [3.8, 4) is 11.8 Å². The summed E-state index contributed by atoms with van der Waals surface area (Å²) in [6.45, 7) is 0. The second kappa shape index (κ2) is 3.86. The summed E-state index contributed by atoms with van der Waals surface area (Å²) in [6.07, 6.45) is 5.02. The molecule has 0 unspecified atom stereocenters. The Morgan fingerprint density at radius 2 is 2.06 bits per heavy atom. The van der Waals surface area contributed by atoms with Crippen molar-refractivity contribution in [2.24, 2.45) is 0 Å². The fraction of sp³-hybridized carbons (Fsp3) is 0. The van der Waals surface area contributed by atoms with Crippen LogP contribution in [0.3, 0.4) is 0 Å². The molecule has 0 spiro atoms. The van der Waals surface area contributed by atoms with E-state index in [0.717, 1.165) is 16.6 Å². The van der Waals surface area contributed by atoms with E-state index in [2.05, 4.69) is 9.97 Å². The predicted molar refractivity (Wildman–Crippen MR) is 68.0 cm³/mol. The minimum atomic E-state index is 0.326. The summed E-state index contributed by atoms with van der Waals surface area (Å²) < 4.78 is 1.70. The summed E-state index contributed by atoms with van der Waals surface area (Å²) >= 11 is 0. The van der Waals surface area contributed by atoms with Gasteiger partial charge in [0.1, 0.15) is 6.07 Å². The van der Waals surface area contributed by atoms with Crippen LogP contribution in [-0.4, -0.2) is 14.5 Å². The van der Waals surface area contributed by atoms with Gasteiger partial charge in [0.15, 0.2) is 0 Å². The molecular formula is C13H9N5. The molecule has 3 aromatic rings. The van der Waals surface area contributed by atoms with E-state index in [9.17, 15) is 0 Å². The van der Waals surface area contributed by atoms with Crippen molar-refractivity contribution in [2.75, 3.05) is 5.73 Å². The van der Waals surface area contributed by atoms with Gasteiger partial charge in [-0.3, -0.25) is 9.55 Å². The van der Waals surface area contributed by atoms with Crippen LogP contribution < -0.4 is 5.73 Å². The summed E-state index contributed by atoms with van der Waals surface area (Å²) in [5.74, 6) is 0.326. The molecular weight excluding hydrogens is 226 g/mol. The average molecular weight is 235 g/mol. The summed E-state index contributed by atoms with van der Waals surface area (Å²) in [7, 11) is 0. The van der Waals surface area contributed by atoms with Gasteiger partial charge in [-0.25, -0.2) is 4.98 Å². The van der Waals surface area contributed by atoms with Crippen LogP contribution in [0.2, 0.25) is 0 Å². The first-order chi connectivity index (χ1) is 8.81. The molecule has 0 fully saturated rings. The zero-order valence-corrected chi connectivity index (χ0v) is 9.41. The quantitative estimate of drug-likeness (QED) is 0.653. The van der Waals surface area contributed by atoms with E-state index in [1.165, 1.54) is 0 Å². The highest BCUT2D eigenvalue weighted by atomic mass is 15.1. The number of nitrogen functional groups attached to an aromatic ring is 1. The molecule has 2 heterocycles. The minimum Gasteiger partial charge on any atom is -0.398 e. The first-order valence-corrected chi connectivity index (χ1v) is 5.38. The number of anilines is 1. The smallest absolute Gasteiger partial charge is 0.217 e. The monoisotopic (exact) mass is 235 g/mol. The molecule has 0 aliphatic heterocycles. The van der Waals surface area contributed by atoms with Crippen LogP contribution >= 0.6 is 0 Å². The Balaban J connectivity index is 2.38. The molecule has 0 atom stereocenters. The van der Waals surface area contributed by atoms with E-state index in [1.807, 2.05) is 24.3 Å². The largest absolute Gasteiger partial charge is 0.398 e. The molecule has 86 valence electrons. The normalized spacial score (nSPS) is 10.4. The number of pyridine rings is 1. The molecule has 0 radical (unpaired) electrons. The van der Waals surface area contributed by atoms with Crippen molar-refractivity contribution < 1.29 is 0 Å². The van der Waals surface area contributed by atoms with Crippen molar-refractivity contribution >= 4 is 16.6 Å². The van der Waals surface area contributed by atoms with Gasteiger partial charge in [0, 0.05) is 29.7 Å². The number of fused-ring (bicyclic) bond motifs is 1. The highest BCUT2D eigenvalue weighted by Gasteiger charge is 2.10. The first-order valence-electron chi connectivity index (χ1n) is 5.38. The SMILES string of the molecule is N#Cc1nccn1-c1ccc(N)c2cccnc12. The van der Waals surface area contributed by atoms with Crippen molar-refractivity contribution in [1.82, 2.24) is 14.5 Å². The summed E-state index contributed by atoms with van der Waals surface area (Å²) in [5.41, 5.74) is 8.14. The van der Waals surface area contributed by atoms with Crippen LogP contribution in [0, 0.1) is 11.3 Å². The van der Waals surface area contributed by atoms with Crippen LogP contribution in [0.1, 0.15) is 5.82 Å². The molecule has 18 heavy (non-hydrogen) atoms. The van der Waals surface area contributed by atoms with Crippen molar-refractivity contribution in [1.29, 1.82) is 5.26 Å². The van der Waals surface area contributed by atoms with Gasteiger partial charge in [-0.05, 0) is 24.3 Å². The van der Waals surface area contributed by atoms with Crippen LogP contribution in [0.5, 0.6) is 0 Å². The van der Waals surface area contributed by atoms with Gasteiger partial charge < -0.3 is 5.73 Å². The van der Waals surface area contributed by atoms with E-state index >= 15 is 0 Å². The lowest BCUT2D eigenvalue weighted by Gasteiger charge is -2.09. The van der Waals surface area contributed by atoms with Gasteiger partial charge in [0.25, 0.3) is 0 Å². The molecule has 0 amide bonds. The number of imidazole rings is 1. The molecule has 5 heteroatoms. The molecule has 1 aromatic carbocycles. The van der Waals surface area contributed by atoms with E-state index in [1.54, 1.807) is 29.2 Å². The van der Waals surface area contributed by atoms with Gasteiger partial charge >= 0.3 is 0 Å². The maximum atomic E-state index is 9.02. The number of hydrogen-bond acceptors (Lipinski definition) is 4. The summed E-state index contributed by atoms with van der Waals surface area (Å²) in [4.78, 5) is 8.32. The van der Waals surface area contributed by atoms with Crippen LogP contribution in [0.4, 0.5) is 5.69 Å². The highest BCUT2D eigenvalue weighted by Crippen LogP contribution is 2.25. The maximum Gasteiger partial charge on any atom is 0.217 e. The highest BCUT2D eigenvalue weighted by molar-refractivity contribution is 5.95. The fourth-order valence-corrected chi connectivity index (χ4v) is 1.95. The van der Waals surface area contributed by atoms with E-state index < -0.39 is 0 Å². The Hall–Kier alpha value is -2.87. The van der Waals surface area contributed by atoms with Gasteiger partial charge in [-0.2, -0.15) is 5.26 Å². The lowest BCUT2D eigenvalue weighted by atomic mass is 10.1. The third kappa shape index (κ3) is 1.40. The van der Waals surface area contributed by atoms with Crippen LogP contribution in [0.15, 0.2) is 42.9 Å². The van der Waals surface area contributed by atoms with Gasteiger partial charge in [0.2, 0.25) is 5.82 Å². The number of aromatic nitrogens is 3. The van der Waals surface area contributed by atoms with E-state index in [-0.39, 0.29) is 0 Å². The molecule has 5 nitrogen and oxygen atoms in total. The average Bonchev–Trinajstić information content (AvgIpc) is 2.88. The van der Waals surface area contributed by atoms with Crippen LogP contribution in [-0.2, 0) is 0 Å². The van der Waals surface area contributed by atoms with Gasteiger partial charge in [-0.1, -0.05) is 0 Å². The molecule has 3 rings (SSSR count). The van der Waals surface area contributed by atoms with E-state index in [4.69, 9.17) is 11.0 Å². The van der Waals surface area contributed by atoms with Gasteiger partial charge in [-0.15, -0.1) is 0 Å². The number of benzene rings is 1. The Kier molecular flexibility index (Phi) is 2.21. The minimum absolute atomic E-state index is 0.326. The lowest BCUT2D eigenvalue weighted by molar-refractivity contribution is 1.03. The zero-order valence-electron chi connectivity index (χ0n) is 9.41. The summed E-state index contributed by atoms with van der Waals surface area (Å²) in [5, 5.41) is 9.89. The molecule has 2 N–H and O–H groups in total. The van der Waals surface area contributed by atoms with Crippen molar-refractivity contribution in [3.05, 3.63) is 48.7 Å². The van der Waals surface area contributed by atoms with Crippen molar-refractivity contribution in [2.45, 2.75) is 0 Å². The third-order valence-electron chi connectivity index (χ3n) is 2.78. The Labute approximate surface area is 103 Å². The lowest BCUT2D eigenvalue weighted by Crippen LogP contribution is -2.00. The fourth-order valence-electron chi connectivity index (χ4n) is 1.95. The van der Waals surface area contributed by atoms with Gasteiger partial charge in [0.05, 0.1) is 11.2 Å². The maximum absolute atomic E-state index is 9.02. The number of nitriles is 1. The second-order valence-corrected chi connectivity index (χ2v) is 3.81. The Bertz CT molecular complexity index is 766. The molecule has 0 aliphatic rings. The zero-order chi connectivity index (χ0) is 12.5. The van der Waals surface area contributed by atoms with Crippen molar-refractivity contribution in [3.63, 3.8) is 0 Å². The molecule has 0 saturated carbocycles. The molecule has 0 saturated heterocycles. The van der Waals surface area contributed by atoms with E-state index in [0.29, 0.717) is 11.5 Å². The number of rotatable bonds is 1. The predicted octanol–water partition coefficient (Wildman–Crippen LogP) is 1.87. The van der Waals surface area contributed by atoms with Crippen LogP contribution in [0.25, 0.3) is 16.6 Å². The molecule has 2 aromatic heterocycles. The Morgan fingerprint density at radius 3 is 2.89 bits per heavy atom. The standard InChI is InChI=1S/C13H9N5/c14-8-12-16-6-7-18(12)11-4-3-10(15)9-2-1-5-17-13(9)11/h1-7H,15H2. The third-order valence-corrected chi connectivity index (χ3v) is 2.78. The number of hydrogen-bond donors (Lipinski definition) is 1. The second-order valence-electron chi connectivity index (χ2n) is 3.81. The molecule has 0 aliphatic carbocycles. The number of nitrogens with two attached hydrogens (primary N) is 1. The number of nitrogens with zero attached hydrogens (tertiary/aromatic N) is 4. The summed E-state index contributed by atoms with van der Waals surface area (Å²) in [6, 6.07) is 9.43. The first kappa shape index (κ1) is 10.3.